The van der Waals surface area contributed by atoms with Gasteiger partial charge in [0, 0.05) is 6.07 Å². The topological polar surface area (TPSA) is 24.1 Å². The molecule has 0 aliphatic rings. The van der Waals surface area contributed by atoms with Gasteiger partial charge in [-0.25, -0.2) is 4.57 Å². The van der Waals surface area contributed by atoms with Crippen LogP contribution >= 0.6 is 0 Å². The number of rotatable bonds is 0. The quantitative estimate of drug-likeness (QED) is 0.478. The molecular formula is C6H8NO+. The summed E-state index contributed by atoms with van der Waals surface area (Å²) in [5.74, 6) is -0.0522. The van der Waals surface area contributed by atoms with Crippen LogP contribution in [0.2, 0.25) is 0 Å². The third-order valence-electron chi connectivity index (χ3n) is 0.785. The second kappa shape index (κ2) is 1.82. The summed E-state index contributed by atoms with van der Waals surface area (Å²) >= 11 is 0. The van der Waals surface area contributed by atoms with Crippen molar-refractivity contribution in [2.45, 2.75) is 0 Å². The molecule has 0 fully saturated rings. The normalized spacial score (nSPS) is 16.2. The van der Waals surface area contributed by atoms with Crippen LogP contribution in [0.15, 0.2) is 24.5 Å². The van der Waals surface area contributed by atoms with E-state index in [0.29, 0.717) is 0 Å². The number of nitrogens with zero attached hydrogens (tertiary/aromatic N) is 1. The van der Waals surface area contributed by atoms with Gasteiger partial charge >= 0.3 is 0 Å². The van der Waals surface area contributed by atoms with Crippen molar-refractivity contribution in [3.63, 3.8) is 0 Å². The molecule has 0 aliphatic carbocycles. The molecule has 1 heterocycles. The van der Waals surface area contributed by atoms with Crippen molar-refractivity contribution in [3.8, 4) is 5.75 Å². The summed E-state index contributed by atoms with van der Waals surface area (Å²) in [5.41, 5.74) is 0. The first-order valence-electron chi connectivity index (χ1n) is 3.71. The van der Waals surface area contributed by atoms with E-state index >= 15 is 0 Å². The fourth-order valence-corrected chi connectivity index (χ4v) is 0.463. The minimum Gasteiger partial charge on any atom is -0.503 e. The first-order valence-corrected chi connectivity index (χ1v) is 2.21. The van der Waals surface area contributed by atoms with Crippen LogP contribution in [-0.2, 0) is 6.98 Å². The van der Waals surface area contributed by atoms with Crippen LogP contribution in [0.3, 0.4) is 0 Å². The first-order chi connectivity index (χ1) is 5.00. The maximum absolute atomic E-state index is 8.91. The van der Waals surface area contributed by atoms with Gasteiger partial charge in [-0.1, -0.05) is 0 Å². The fourth-order valence-electron chi connectivity index (χ4n) is 0.463. The van der Waals surface area contributed by atoms with Gasteiger partial charge in [0.2, 0.25) is 6.20 Å². The molecule has 0 aromatic carbocycles. The first kappa shape index (κ1) is 2.49. The summed E-state index contributed by atoms with van der Waals surface area (Å²) in [6.07, 6.45) is 2.54. The number of hydrogen-bond acceptors (Lipinski definition) is 1. The highest BCUT2D eigenvalue weighted by Gasteiger charge is 1.89. The van der Waals surface area contributed by atoms with Gasteiger partial charge in [-0.05, 0) is 6.07 Å². The van der Waals surface area contributed by atoms with Gasteiger partial charge in [0.05, 0.1) is 0 Å². The van der Waals surface area contributed by atoms with E-state index in [1.165, 1.54) is 18.3 Å². The second-order valence-electron chi connectivity index (χ2n) is 1.47. The van der Waals surface area contributed by atoms with Crippen LogP contribution in [0.25, 0.3) is 0 Å². The molecule has 0 saturated carbocycles. The van der Waals surface area contributed by atoms with Crippen molar-refractivity contribution >= 4 is 0 Å². The lowest BCUT2D eigenvalue weighted by atomic mass is 10.5. The summed E-state index contributed by atoms with van der Waals surface area (Å²) in [7, 11) is 0. The SMILES string of the molecule is [2H]C([2H])([2H])[n+]1cccc(O)c1. The van der Waals surface area contributed by atoms with Gasteiger partial charge in [-0.15, -0.1) is 0 Å². The Morgan fingerprint density at radius 3 is 3.25 bits per heavy atom. The average Bonchev–Trinajstić information content (AvgIpc) is 1.86. The van der Waals surface area contributed by atoms with Gasteiger partial charge in [0.1, 0.15) is 11.1 Å². The monoisotopic (exact) mass is 113 g/mol. The lowest BCUT2D eigenvalue weighted by Gasteiger charge is -1.84. The average molecular weight is 113 g/mol. The summed E-state index contributed by atoms with van der Waals surface area (Å²) in [6, 6.07) is 2.89. The van der Waals surface area contributed by atoms with Crippen molar-refractivity contribution in [1.29, 1.82) is 0 Å². The summed E-state index contributed by atoms with van der Waals surface area (Å²) in [5, 5.41) is 8.91. The van der Waals surface area contributed by atoms with Gasteiger partial charge in [-0.3, -0.25) is 0 Å². The van der Waals surface area contributed by atoms with Gasteiger partial charge in [0.15, 0.2) is 11.9 Å². The minimum atomic E-state index is -2.21. The van der Waals surface area contributed by atoms with Crippen molar-refractivity contribution in [1.82, 2.24) is 0 Å². The molecule has 0 atom stereocenters. The molecule has 0 aliphatic heterocycles. The van der Waals surface area contributed by atoms with Crippen molar-refractivity contribution < 1.29 is 13.8 Å². The van der Waals surface area contributed by atoms with E-state index in [0.717, 1.165) is 10.8 Å². The Hall–Kier alpha value is -1.05. The molecule has 1 N–H and O–H groups in total. The van der Waals surface area contributed by atoms with Crippen LogP contribution in [0.1, 0.15) is 4.11 Å². The molecule has 1 rings (SSSR count). The number of hydrogen-bond donors (Lipinski definition) is 1. The Bertz CT molecular complexity index is 258. The zero-order valence-corrected chi connectivity index (χ0v) is 4.20. The van der Waals surface area contributed by atoms with E-state index in [-0.39, 0.29) is 5.75 Å². The molecule has 0 amide bonds. The Morgan fingerprint density at radius 1 is 1.88 bits per heavy atom. The van der Waals surface area contributed by atoms with Crippen LogP contribution in [0, 0.1) is 0 Å². The second-order valence-corrected chi connectivity index (χ2v) is 1.47. The molecule has 0 spiro atoms. The lowest BCUT2D eigenvalue weighted by molar-refractivity contribution is -0.671. The van der Waals surface area contributed by atoms with Crippen molar-refractivity contribution in [2.24, 2.45) is 6.98 Å². The smallest absolute Gasteiger partial charge is 0.210 e. The molecule has 1 aromatic heterocycles. The van der Waals surface area contributed by atoms with Crippen LogP contribution in [-0.4, -0.2) is 5.11 Å². The maximum Gasteiger partial charge on any atom is 0.210 e. The molecule has 0 radical (unpaired) electrons. The van der Waals surface area contributed by atoms with E-state index < -0.39 is 6.98 Å². The Labute approximate surface area is 52.2 Å². The highest BCUT2D eigenvalue weighted by Crippen LogP contribution is 1.98. The number of aryl methyl sites for hydroxylation is 1. The van der Waals surface area contributed by atoms with Crippen LogP contribution in [0.5, 0.6) is 5.75 Å². The number of aromatic nitrogens is 1. The zero-order valence-electron chi connectivity index (χ0n) is 7.20. The third-order valence-corrected chi connectivity index (χ3v) is 0.785. The standard InChI is InChI=1S/C6H7NO/c1-7-4-2-3-6(8)5-7/h2-5H,1H3/p+1/i1D3. The summed E-state index contributed by atoms with van der Waals surface area (Å²) < 4.78 is 21.8. The van der Waals surface area contributed by atoms with Crippen LogP contribution < -0.4 is 4.57 Å². The van der Waals surface area contributed by atoms with Gasteiger partial charge in [0.25, 0.3) is 0 Å². The van der Waals surface area contributed by atoms with E-state index in [9.17, 15) is 0 Å². The Kier molecular flexibility index (Phi) is 0.565. The molecule has 1 aromatic rings. The van der Waals surface area contributed by atoms with E-state index in [2.05, 4.69) is 0 Å². The maximum atomic E-state index is 8.91. The number of pyridine rings is 1. The highest BCUT2D eigenvalue weighted by atomic mass is 16.3. The van der Waals surface area contributed by atoms with Crippen molar-refractivity contribution in [3.05, 3.63) is 24.5 Å². The predicted molar refractivity (Wildman–Crippen MR) is 29.3 cm³/mol. The molecule has 0 saturated heterocycles. The van der Waals surface area contributed by atoms with E-state index in [1.54, 1.807) is 0 Å². The minimum absolute atomic E-state index is 0.0522. The molecule has 0 unspecified atom stereocenters. The molecule has 0 bridgehead atoms. The molecule has 2 heteroatoms. The molecule has 2 nitrogen and oxygen atoms in total. The van der Waals surface area contributed by atoms with Crippen LogP contribution in [0.4, 0.5) is 0 Å². The molecule has 42 valence electrons. The fraction of sp³-hybridized carbons (Fsp3) is 0.167. The zero-order chi connectivity index (χ0) is 8.48. The van der Waals surface area contributed by atoms with Gasteiger partial charge < -0.3 is 5.11 Å². The van der Waals surface area contributed by atoms with Crippen molar-refractivity contribution in [2.75, 3.05) is 0 Å². The largest absolute Gasteiger partial charge is 0.503 e. The lowest BCUT2D eigenvalue weighted by Crippen LogP contribution is -2.25. The number of aromatic hydroxyl groups is 1. The van der Waals surface area contributed by atoms with E-state index in [4.69, 9.17) is 9.22 Å². The summed E-state index contributed by atoms with van der Waals surface area (Å²) in [4.78, 5) is 0. The summed E-state index contributed by atoms with van der Waals surface area (Å²) in [6.45, 7) is -2.21. The predicted octanol–water partition coefficient (Wildman–Crippen LogP) is 0.217. The Morgan fingerprint density at radius 2 is 2.75 bits per heavy atom. The Balaban J connectivity index is 3.06. The third kappa shape index (κ3) is 0.964. The van der Waals surface area contributed by atoms with E-state index in [1.807, 2.05) is 0 Å². The van der Waals surface area contributed by atoms with Gasteiger partial charge in [-0.2, -0.15) is 0 Å². The highest BCUT2D eigenvalue weighted by molar-refractivity contribution is 5.09. The molecular weight excluding hydrogens is 102 g/mol. The molecule has 8 heavy (non-hydrogen) atoms.